The van der Waals surface area contributed by atoms with Crippen molar-refractivity contribution < 1.29 is 18.0 Å². The lowest BCUT2D eigenvalue weighted by molar-refractivity contribution is -0.137. The monoisotopic (exact) mass is 471 g/mol. The molecule has 0 heterocycles. The van der Waals surface area contributed by atoms with Crippen molar-refractivity contribution >= 4 is 29.8 Å². The standard InChI is InChI=1S/C27H24F3NO.ClH/c1-20(18-31(2)19-22-9-5-3-6-10-22)26(32)25(23-11-7-4-8-12-23)17-21-13-15-24(16-14-21)27(28,29)30;/h3-17H,1,18-19H2,2H3;1H/b25-17-;. The quantitative estimate of drug-likeness (QED) is 0.262. The summed E-state index contributed by atoms with van der Waals surface area (Å²) < 4.78 is 38.6. The van der Waals surface area contributed by atoms with E-state index in [4.69, 9.17) is 0 Å². The number of likely N-dealkylation sites (N-methyl/N-ethyl adjacent to an activating group) is 1. The largest absolute Gasteiger partial charge is 0.416 e. The van der Waals surface area contributed by atoms with Gasteiger partial charge in [0, 0.05) is 24.2 Å². The zero-order valence-corrected chi connectivity index (χ0v) is 19.0. The zero-order valence-electron chi connectivity index (χ0n) is 18.2. The average Bonchev–Trinajstić information content (AvgIpc) is 2.78. The smallest absolute Gasteiger partial charge is 0.298 e. The van der Waals surface area contributed by atoms with Crippen molar-refractivity contribution in [1.29, 1.82) is 0 Å². The number of carbonyl (C=O) groups is 1. The van der Waals surface area contributed by atoms with Gasteiger partial charge in [0.25, 0.3) is 0 Å². The van der Waals surface area contributed by atoms with E-state index in [1.54, 1.807) is 18.2 Å². The number of Topliss-reactive ketones (excluding diaryl/α,β-unsaturated/α-hetero) is 1. The molecule has 0 aliphatic heterocycles. The van der Waals surface area contributed by atoms with Crippen LogP contribution in [0.15, 0.2) is 97.1 Å². The molecule has 3 aromatic rings. The lowest BCUT2D eigenvalue weighted by Gasteiger charge is -2.18. The lowest BCUT2D eigenvalue weighted by Crippen LogP contribution is -2.23. The van der Waals surface area contributed by atoms with Gasteiger partial charge in [-0.15, -0.1) is 12.4 Å². The predicted molar refractivity (Wildman–Crippen MR) is 130 cm³/mol. The molecule has 0 spiro atoms. The SMILES string of the molecule is C=C(CN(C)Cc1ccccc1)C(=O)/C(=C\c1ccc(C(F)(F)F)cc1)c1ccccc1.Cl. The topological polar surface area (TPSA) is 20.3 Å². The first-order chi connectivity index (χ1) is 15.2. The van der Waals surface area contributed by atoms with Crippen molar-refractivity contribution in [2.24, 2.45) is 0 Å². The maximum Gasteiger partial charge on any atom is 0.416 e. The summed E-state index contributed by atoms with van der Waals surface area (Å²) in [6.07, 6.45) is -2.79. The Hall–Kier alpha value is -3.15. The summed E-state index contributed by atoms with van der Waals surface area (Å²) >= 11 is 0. The summed E-state index contributed by atoms with van der Waals surface area (Å²) in [6.45, 7) is 5.02. The molecular formula is C27H25ClF3NO. The van der Waals surface area contributed by atoms with Crippen LogP contribution in [0.25, 0.3) is 11.6 Å². The third-order valence-electron chi connectivity index (χ3n) is 4.96. The van der Waals surface area contributed by atoms with Gasteiger partial charge in [-0.25, -0.2) is 0 Å². The van der Waals surface area contributed by atoms with Crippen molar-refractivity contribution in [3.05, 3.63) is 119 Å². The number of hydrogen-bond donors (Lipinski definition) is 0. The Morgan fingerprint density at radius 2 is 1.45 bits per heavy atom. The summed E-state index contributed by atoms with van der Waals surface area (Å²) in [5.41, 5.74) is 2.39. The van der Waals surface area contributed by atoms with Crippen molar-refractivity contribution in [1.82, 2.24) is 4.90 Å². The summed E-state index contributed by atoms with van der Waals surface area (Å²) in [6, 6.07) is 23.7. The molecule has 0 fully saturated rings. The predicted octanol–water partition coefficient (Wildman–Crippen LogP) is 6.93. The van der Waals surface area contributed by atoms with E-state index in [-0.39, 0.29) is 18.2 Å². The molecule has 33 heavy (non-hydrogen) atoms. The van der Waals surface area contributed by atoms with Crippen LogP contribution < -0.4 is 0 Å². The van der Waals surface area contributed by atoms with Gasteiger partial charge in [0.2, 0.25) is 0 Å². The molecule has 6 heteroatoms. The summed E-state index contributed by atoms with van der Waals surface area (Å²) in [7, 11) is 1.91. The minimum Gasteiger partial charge on any atom is -0.298 e. The van der Waals surface area contributed by atoms with Crippen molar-refractivity contribution in [2.75, 3.05) is 13.6 Å². The number of nitrogens with zero attached hydrogens (tertiary/aromatic N) is 1. The van der Waals surface area contributed by atoms with E-state index < -0.39 is 11.7 Å². The normalized spacial score (nSPS) is 11.7. The maximum absolute atomic E-state index is 13.3. The zero-order chi connectivity index (χ0) is 23.1. The Balaban J connectivity index is 0.00000385. The number of carbonyl (C=O) groups excluding carboxylic acids is 1. The fraction of sp³-hybridized carbons (Fsp3) is 0.148. The summed E-state index contributed by atoms with van der Waals surface area (Å²) in [5.74, 6) is -0.240. The highest BCUT2D eigenvalue weighted by atomic mass is 35.5. The molecule has 0 N–H and O–H groups in total. The number of allylic oxidation sites excluding steroid dienone is 1. The second-order valence-electron chi connectivity index (χ2n) is 7.63. The minimum atomic E-state index is -4.40. The molecule has 0 atom stereocenters. The molecule has 172 valence electrons. The fourth-order valence-corrected chi connectivity index (χ4v) is 3.37. The van der Waals surface area contributed by atoms with Gasteiger partial charge in [0.15, 0.2) is 5.78 Å². The molecule has 0 saturated carbocycles. The number of alkyl halides is 3. The highest BCUT2D eigenvalue weighted by Gasteiger charge is 2.29. The molecule has 0 unspecified atom stereocenters. The summed E-state index contributed by atoms with van der Waals surface area (Å²) in [5, 5.41) is 0. The Kier molecular flexibility index (Phi) is 9.21. The number of hydrogen-bond acceptors (Lipinski definition) is 2. The van der Waals surface area contributed by atoms with Crippen molar-refractivity contribution in [2.45, 2.75) is 12.7 Å². The van der Waals surface area contributed by atoms with Gasteiger partial charge in [-0.2, -0.15) is 13.2 Å². The Morgan fingerprint density at radius 1 is 0.909 bits per heavy atom. The molecule has 2 nitrogen and oxygen atoms in total. The second kappa shape index (κ2) is 11.6. The molecule has 3 rings (SSSR count). The van der Waals surface area contributed by atoms with E-state index in [1.807, 2.05) is 60.5 Å². The van der Waals surface area contributed by atoms with E-state index in [2.05, 4.69) is 6.58 Å². The van der Waals surface area contributed by atoms with E-state index in [1.165, 1.54) is 12.1 Å². The van der Waals surface area contributed by atoms with Crippen LogP contribution in [-0.2, 0) is 17.5 Å². The molecule has 3 aromatic carbocycles. The van der Waals surface area contributed by atoms with Gasteiger partial charge < -0.3 is 0 Å². The third-order valence-corrected chi connectivity index (χ3v) is 4.96. The molecule has 0 bridgehead atoms. The molecule has 0 aliphatic rings. The molecule has 0 amide bonds. The molecule has 0 aliphatic carbocycles. The molecule has 0 saturated heterocycles. The fourth-order valence-electron chi connectivity index (χ4n) is 3.37. The van der Waals surface area contributed by atoms with Crippen molar-refractivity contribution in [3.8, 4) is 0 Å². The van der Waals surface area contributed by atoms with Crippen LogP contribution in [0.3, 0.4) is 0 Å². The van der Waals surface area contributed by atoms with Crippen LogP contribution in [0.2, 0.25) is 0 Å². The van der Waals surface area contributed by atoms with E-state index in [0.29, 0.717) is 35.4 Å². The first kappa shape index (κ1) is 26.1. The highest BCUT2D eigenvalue weighted by Crippen LogP contribution is 2.30. The Morgan fingerprint density at radius 3 is 2.00 bits per heavy atom. The lowest BCUT2D eigenvalue weighted by atomic mass is 9.94. The number of ketones is 1. The highest BCUT2D eigenvalue weighted by molar-refractivity contribution is 6.32. The first-order valence-electron chi connectivity index (χ1n) is 10.1. The van der Waals surface area contributed by atoms with Gasteiger partial charge in [0.1, 0.15) is 0 Å². The minimum absolute atomic E-state index is 0. The first-order valence-corrected chi connectivity index (χ1v) is 10.1. The Labute approximate surface area is 198 Å². The van der Waals surface area contributed by atoms with Gasteiger partial charge >= 0.3 is 6.18 Å². The van der Waals surface area contributed by atoms with Gasteiger partial charge in [-0.1, -0.05) is 79.4 Å². The van der Waals surface area contributed by atoms with E-state index in [0.717, 1.165) is 17.7 Å². The van der Waals surface area contributed by atoms with Crippen LogP contribution >= 0.6 is 12.4 Å². The average molecular weight is 472 g/mol. The number of rotatable bonds is 8. The van der Waals surface area contributed by atoms with Crippen LogP contribution in [0.5, 0.6) is 0 Å². The second-order valence-corrected chi connectivity index (χ2v) is 7.63. The molecule has 0 aromatic heterocycles. The molecule has 0 radical (unpaired) electrons. The van der Waals surface area contributed by atoms with Crippen LogP contribution in [0.1, 0.15) is 22.3 Å². The summed E-state index contributed by atoms with van der Waals surface area (Å²) in [4.78, 5) is 15.3. The maximum atomic E-state index is 13.3. The third kappa shape index (κ3) is 7.45. The van der Waals surface area contributed by atoms with Gasteiger partial charge in [-0.3, -0.25) is 9.69 Å². The van der Waals surface area contributed by atoms with Crippen molar-refractivity contribution in [3.63, 3.8) is 0 Å². The van der Waals surface area contributed by atoms with Gasteiger partial charge in [-0.05, 0) is 41.9 Å². The number of halogens is 4. The van der Waals surface area contributed by atoms with Crippen LogP contribution in [0, 0.1) is 0 Å². The molecular weight excluding hydrogens is 447 g/mol. The van der Waals surface area contributed by atoms with E-state index in [9.17, 15) is 18.0 Å². The Bertz CT molecular complexity index is 1090. The number of benzene rings is 3. The van der Waals surface area contributed by atoms with Crippen LogP contribution in [-0.4, -0.2) is 24.3 Å². The van der Waals surface area contributed by atoms with E-state index >= 15 is 0 Å². The van der Waals surface area contributed by atoms with Crippen LogP contribution in [0.4, 0.5) is 13.2 Å². The van der Waals surface area contributed by atoms with Gasteiger partial charge in [0.05, 0.1) is 5.56 Å².